The van der Waals surface area contributed by atoms with E-state index >= 15 is 0 Å². The van der Waals surface area contributed by atoms with Gasteiger partial charge < -0.3 is 16.0 Å². The molecule has 1 aliphatic rings. The third-order valence-electron chi connectivity index (χ3n) is 6.81. The molecule has 0 saturated carbocycles. The van der Waals surface area contributed by atoms with E-state index in [0.717, 1.165) is 31.0 Å². The highest BCUT2D eigenvalue weighted by atomic mass is 32.1. The summed E-state index contributed by atoms with van der Waals surface area (Å²) in [6, 6.07) is 19.2. The first-order valence-electron chi connectivity index (χ1n) is 12.6. The molecule has 2 aromatic rings. The number of rotatable bonds is 7. The van der Waals surface area contributed by atoms with Gasteiger partial charge in [-0.25, -0.2) is 0 Å². The van der Waals surface area contributed by atoms with Crippen LogP contribution in [-0.2, 0) is 10.8 Å². The summed E-state index contributed by atoms with van der Waals surface area (Å²) >= 11 is 5.51. The summed E-state index contributed by atoms with van der Waals surface area (Å²) in [5, 5.41) is 11.3. The summed E-state index contributed by atoms with van der Waals surface area (Å²) < 4.78 is 0. The molecule has 4 heteroatoms. The van der Waals surface area contributed by atoms with Gasteiger partial charge in [-0.3, -0.25) is 0 Å². The zero-order chi connectivity index (χ0) is 24.9. The maximum atomic E-state index is 5.51. The molecule has 1 unspecified atom stereocenters. The number of hydrogen-bond donors (Lipinski definition) is 3. The number of thiocarbonyl (C=S) groups is 1. The molecule has 0 amide bonds. The second-order valence-corrected chi connectivity index (χ2v) is 12.1. The number of hydrogen-bond acceptors (Lipinski definition) is 2. The molecule has 2 aromatic carbocycles. The monoisotopic (exact) mass is 477 g/mol. The Balaban J connectivity index is 1.83. The molecule has 0 bridgehead atoms. The second kappa shape index (κ2) is 11.0. The average molecular weight is 478 g/mol. The van der Waals surface area contributed by atoms with E-state index < -0.39 is 0 Å². The van der Waals surface area contributed by atoms with Crippen LogP contribution >= 0.6 is 12.2 Å². The first-order valence-corrected chi connectivity index (χ1v) is 13.0. The van der Waals surface area contributed by atoms with Crippen molar-refractivity contribution >= 4 is 17.3 Å². The van der Waals surface area contributed by atoms with Crippen molar-refractivity contribution in [3.63, 3.8) is 0 Å². The molecule has 1 heterocycles. The van der Waals surface area contributed by atoms with Crippen LogP contribution in [0.15, 0.2) is 61.2 Å². The van der Waals surface area contributed by atoms with E-state index in [4.69, 9.17) is 12.2 Å². The van der Waals surface area contributed by atoms with Gasteiger partial charge in [-0.05, 0) is 58.1 Å². The van der Waals surface area contributed by atoms with Crippen molar-refractivity contribution in [1.82, 2.24) is 16.0 Å². The SMILES string of the molecule is C=CCCNC(=S)N[C@H]1CNC(C(c2ccc(C(C)(C)C)cc2)c2ccc(C(C)(C)C)cc2)C1. The van der Waals surface area contributed by atoms with Gasteiger partial charge >= 0.3 is 0 Å². The lowest BCUT2D eigenvalue weighted by Gasteiger charge is -2.28. The smallest absolute Gasteiger partial charge is 0.166 e. The Morgan fingerprint density at radius 1 is 0.971 bits per heavy atom. The van der Waals surface area contributed by atoms with E-state index in [1.165, 1.54) is 22.3 Å². The zero-order valence-corrected chi connectivity index (χ0v) is 22.7. The highest BCUT2D eigenvalue weighted by Gasteiger charge is 2.33. The molecular formula is C30H43N3S. The lowest BCUT2D eigenvalue weighted by molar-refractivity contribution is 0.528. The third kappa shape index (κ3) is 6.93. The topological polar surface area (TPSA) is 36.1 Å². The lowest BCUT2D eigenvalue weighted by Crippen LogP contribution is -2.43. The van der Waals surface area contributed by atoms with E-state index in [0.29, 0.717) is 12.1 Å². The molecule has 34 heavy (non-hydrogen) atoms. The van der Waals surface area contributed by atoms with E-state index in [9.17, 15) is 0 Å². The summed E-state index contributed by atoms with van der Waals surface area (Å²) in [6.07, 6.45) is 3.84. The van der Waals surface area contributed by atoms with Crippen LogP contribution in [0.1, 0.15) is 82.6 Å². The van der Waals surface area contributed by atoms with Crippen molar-refractivity contribution in [2.75, 3.05) is 13.1 Å². The van der Waals surface area contributed by atoms with Crippen LogP contribution < -0.4 is 16.0 Å². The van der Waals surface area contributed by atoms with Gasteiger partial charge in [-0.1, -0.05) is 96.1 Å². The van der Waals surface area contributed by atoms with Crippen LogP contribution in [0, 0.1) is 0 Å². The fraction of sp³-hybridized carbons (Fsp3) is 0.500. The predicted octanol–water partition coefficient (Wildman–Crippen LogP) is 6.18. The molecule has 3 N–H and O–H groups in total. The van der Waals surface area contributed by atoms with Crippen LogP contribution in [0.5, 0.6) is 0 Å². The van der Waals surface area contributed by atoms with Crippen LogP contribution in [0.25, 0.3) is 0 Å². The molecule has 2 atom stereocenters. The van der Waals surface area contributed by atoms with Crippen molar-refractivity contribution in [2.24, 2.45) is 0 Å². The van der Waals surface area contributed by atoms with Crippen molar-refractivity contribution in [1.29, 1.82) is 0 Å². The molecule has 0 spiro atoms. The molecular weight excluding hydrogens is 434 g/mol. The van der Waals surface area contributed by atoms with Gasteiger partial charge in [0, 0.05) is 31.1 Å². The van der Waals surface area contributed by atoms with Gasteiger partial charge in [0.25, 0.3) is 0 Å². The summed E-state index contributed by atoms with van der Waals surface area (Å²) in [5.74, 6) is 0.289. The van der Waals surface area contributed by atoms with E-state index in [-0.39, 0.29) is 16.7 Å². The molecule has 0 aromatic heterocycles. The summed E-state index contributed by atoms with van der Waals surface area (Å²) in [5.41, 5.74) is 5.76. The molecule has 1 aliphatic heterocycles. The Morgan fingerprint density at radius 2 is 1.47 bits per heavy atom. The Kier molecular flexibility index (Phi) is 8.59. The maximum Gasteiger partial charge on any atom is 0.166 e. The molecule has 0 radical (unpaired) electrons. The van der Waals surface area contributed by atoms with Gasteiger partial charge in [0.1, 0.15) is 0 Å². The quantitative estimate of drug-likeness (QED) is 0.253. The molecule has 1 fully saturated rings. The molecule has 1 saturated heterocycles. The first-order chi connectivity index (χ1) is 16.0. The van der Waals surface area contributed by atoms with Crippen LogP contribution in [0.3, 0.4) is 0 Å². The molecule has 3 nitrogen and oxygen atoms in total. The minimum atomic E-state index is 0.150. The Morgan fingerprint density at radius 3 is 1.91 bits per heavy atom. The van der Waals surface area contributed by atoms with Gasteiger partial charge in [0.05, 0.1) is 0 Å². The van der Waals surface area contributed by atoms with Gasteiger partial charge in [0.2, 0.25) is 0 Å². The molecule has 184 valence electrons. The van der Waals surface area contributed by atoms with E-state index in [1.54, 1.807) is 0 Å². The molecule has 3 rings (SSSR count). The van der Waals surface area contributed by atoms with Crippen molar-refractivity contribution in [3.05, 3.63) is 83.4 Å². The standard InChI is InChI=1S/C30H43N3S/c1-8-9-18-31-28(34)33-25-19-26(32-20-25)27(21-10-14-23(15-11-21)29(2,3)4)22-12-16-24(17-13-22)30(5,6)7/h8,10-17,25-27,32H,1,9,18-20H2,2-7H3,(H2,31,33,34)/t25-,26?/m1/s1. The van der Waals surface area contributed by atoms with Crippen LogP contribution in [-0.4, -0.2) is 30.3 Å². The largest absolute Gasteiger partial charge is 0.362 e. The van der Waals surface area contributed by atoms with Crippen molar-refractivity contribution in [3.8, 4) is 0 Å². The summed E-state index contributed by atoms with van der Waals surface area (Å²) in [6.45, 7) is 19.1. The normalized spacial score (nSPS) is 18.7. The second-order valence-electron chi connectivity index (χ2n) is 11.6. The predicted molar refractivity (Wildman–Crippen MR) is 151 cm³/mol. The Labute approximate surface area is 212 Å². The maximum absolute atomic E-state index is 5.51. The van der Waals surface area contributed by atoms with E-state index in [1.807, 2.05) is 6.08 Å². The van der Waals surface area contributed by atoms with Crippen LogP contribution in [0.4, 0.5) is 0 Å². The van der Waals surface area contributed by atoms with Crippen molar-refractivity contribution in [2.45, 2.75) is 83.2 Å². The molecule has 0 aliphatic carbocycles. The lowest BCUT2D eigenvalue weighted by atomic mass is 9.80. The summed E-state index contributed by atoms with van der Waals surface area (Å²) in [7, 11) is 0. The average Bonchev–Trinajstić information content (AvgIpc) is 3.21. The first kappa shape index (κ1) is 26.4. The number of nitrogens with one attached hydrogen (secondary N) is 3. The highest BCUT2D eigenvalue weighted by molar-refractivity contribution is 7.80. The fourth-order valence-corrected chi connectivity index (χ4v) is 4.96. The van der Waals surface area contributed by atoms with Gasteiger partial charge in [-0.2, -0.15) is 0 Å². The zero-order valence-electron chi connectivity index (χ0n) is 21.9. The third-order valence-corrected chi connectivity index (χ3v) is 7.07. The minimum absolute atomic E-state index is 0.150. The summed E-state index contributed by atoms with van der Waals surface area (Å²) in [4.78, 5) is 0. The Hall–Kier alpha value is -2.17. The Bertz CT molecular complexity index is 891. The van der Waals surface area contributed by atoms with Gasteiger partial charge in [0.15, 0.2) is 5.11 Å². The highest BCUT2D eigenvalue weighted by Crippen LogP contribution is 2.35. The van der Waals surface area contributed by atoms with Crippen molar-refractivity contribution < 1.29 is 0 Å². The van der Waals surface area contributed by atoms with Gasteiger partial charge in [-0.15, -0.1) is 6.58 Å². The fourth-order valence-electron chi connectivity index (χ4n) is 4.69. The minimum Gasteiger partial charge on any atom is -0.362 e. The van der Waals surface area contributed by atoms with E-state index in [2.05, 4.69) is 113 Å². The number of benzene rings is 2. The van der Waals surface area contributed by atoms with Crippen LogP contribution in [0.2, 0.25) is 0 Å².